The highest BCUT2D eigenvalue weighted by molar-refractivity contribution is 7.71. The number of H-pyrrole nitrogens is 1. The molecule has 2 aromatic carbocycles. The number of hydrogen-bond donors (Lipinski definition) is 2. The van der Waals surface area contributed by atoms with Crippen molar-refractivity contribution in [3.8, 4) is 17.1 Å². The lowest BCUT2D eigenvalue weighted by Gasteiger charge is -2.16. The van der Waals surface area contributed by atoms with E-state index in [1.165, 1.54) is 0 Å². The Morgan fingerprint density at radius 2 is 2.00 bits per heavy atom. The lowest BCUT2D eigenvalue weighted by atomic mass is 10.1. The predicted octanol–water partition coefficient (Wildman–Crippen LogP) is 4.54. The molecule has 0 saturated heterocycles. The van der Waals surface area contributed by atoms with E-state index in [0.29, 0.717) is 22.2 Å². The molecule has 0 radical (unpaired) electrons. The van der Waals surface area contributed by atoms with Crippen LogP contribution in [0.4, 0.5) is 0 Å². The van der Waals surface area contributed by atoms with Gasteiger partial charge < -0.3 is 10.1 Å². The first-order valence-electron chi connectivity index (χ1n) is 8.83. The minimum absolute atomic E-state index is 0.0869. The Balaban J connectivity index is 1.67. The first-order valence-corrected chi connectivity index (χ1v) is 9.61. The van der Waals surface area contributed by atoms with Gasteiger partial charge in [0.05, 0.1) is 13.2 Å². The van der Waals surface area contributed by atoms with Crippen molar-refractivity contribution in [3.05, 3.63) is 63.9 Å². The number of aromatic amines is 1. The van der Waals surface area contributed by atoms with Crippen molar-refractivity contribution in [2.24, 2.45) is 0 Å². The average molecular weight is 417 g/mol. The Hall–Kier alpha value is -2.64. The second kappa shape index (κ2) is 9.03. The number of rotatable bonds is 7. The second-order valence-corrected chi connectivity index (χ2v) is 7.09. The van der Waals surface area contributed by atoms with Gasteiger partial charge in [0.15, 0.2) is 10.6 Å². The van der Waals surface area contributed by atoms with E-state index in [0.717, 1.165) is 16.9 Å². The number of carbonyl (C=O) groups is 1. The smallest absolute Gasteiger partial charge is 0.222 e. The van der Waals surface area contributed by atoms with Crippen LogP contribution in [0.15, 0.2) is 48.5 Å². The number of halogens is 1. The fourth-order valence-electron chi connectivity index (χ4n) is 2.92. The van der Waals surface area contributed by atoms with E-state index in [9.17, 15) is 4.79 Å². The lowest BCUT2D eigenvalue weighted by molar-refractivity contribution is -0.121. The Labute approximate surface area is 173 Å². The monoisotopic (exact) mass is 416 g/mol. The number of amides is 1. The van der Waals surface area contributed by atoms with Gasteiger partial charge in [-0.25, -0.2) is 0 Å². The molecule has 6 nitrogen and oxygen atoms in total. The summed E-state index contributed by atoms with van der Waals surface area (Å²) in [6.07, 6.45) is 0.270. The summed E-state index contributed by atoms with van der Waals surface area (Å²) >= 11 is 11.5. The van der Waals surface area contributed by atoms with Gasteiger partial charge in [-0.15, -0.1) is 0 Å². The van der Waals surface area contributed by atoms with Crippen LogP contribution in [-0.2, 0) is 11.3 Å². The highest BCUT2D eigenvalue weighted by Crippen LogP contribution is 2.23. The molecule has 2 N–H and O–H groups in total. The van der Waals surface area contributed by atoms with E-state index < -0.39 is 0 Å². The third-order valence-electron chi connectivity index (χ3n) is 4.42. The summed E-state index contributed by atoms with van der Waals surface area (Å²) in [6.45, 7) is 2.32. The number of benzene rings is 2. The van der Waals surface area contributed by atoms with Crippen LogP contribution in [0.25, 0.3) is 11.4 Å². The Morgan fingerprint density at radius 3 is 2.68 bits per heavy atom. The molecule has 1 aromatic heterocycles. The minimum Gasteiger partial charge on any atom is -0.497 e. The van der Waals surface area contributed by atoms with E-state index in [2.05, 4.69) is 15.5 Å². The molecule has 8 heteroatoms. The zero-order valence-electron chi connectivity index (χ0n) is 15.6. The van der Waals surface area contributed by atoms with Crippen molar-refractivity contribution < 1.29 is 9.53 Å². The molecule has 28 heavy (non-hydrogen) atoms. The van der Waals surface area contributed by atoms with Gasteiger partial charge in [0.25, 0.3) is 0 Å². The summed E-state index contributed by atoms with van der Waals surface area (Å²) in [7, 11) is 1.62. The number of ether oxygens (including phenoxy) is 1. The van der Waals surface area contributed by atoms with E-state index in [1.54, 1.807) is 7.11 Å². The van der Waals surface area contributed by atoms with E-state index in [1.807, 2.05) is 60.0 Å². The number of nitrogens with zero attached hydrogens (tertiary/aromatic N) is 2. The molecule has 1 amide bonds. The van der Waals surface area contributed by atoms with Gasteiger partial charge in [-0.05, 0) is 55.0 Å². The first kappa shape index (κ1) is 20.1. The van der Waals surface area contributed by atoms with Crippen molar-refractivity contribution in [1.29, 1.82) is 0 Å². The molecule has 0 bridgehead atoms. The quantitative estimate of drug-likeness (QED) is 0.555. The molecule has 1 heterocycles. The van der Waals surface area contributed by atoms with E-state index in [-0.39, 0.29) is 18.4 Å². The summed E-state index contributed by atoms with van der Waals surface area (Å²) in [6, 6.07) is 14.8. The molecular weight excluding hydrogens is 396 g/mol. The molecule has 0 aliphatic rings. The van der Waals surface area contributed by atoms with Crippen LogP contribution in [0.5, 0.6) is 5.75 Å². The molecule has 0 aliphatic heterocycles. The Kier molecular flexibility index (Phi) is 6.49. The van der Waals surface area contributed by atoms with Crippen LogP contribution in [0.3, 0.4) is 0 Å². The minimum atomic E-state index is -0.181. The van der Waals surface area contributed by atoms with Crippen molar-refractivity contribution in [2.75, 3.05) is 7.11 Å². The van der Waals surface area contributed by atoms with Crippen LogP contribution >= 0.6 is 23.8 Å². The lowest BCUT2D eigenvalue weighted by Crippen LogP contribution is -2.27. The molecule has 146 valence electrons. The standard InChI is InChI=1S/C20H21ClN4O2S/c1-13(16-5-3-4-6-17(16)21)22-18(26)11-12-25-19(23-24-20(25)28)14-7-9-15(27-2)10-8-14/h3-10,13H,11-12H2,1-2H3,(H,22,26)(H,24,28). The van der Waals surface area contributed by atoms with Crippen LogP contribution in [0.1, 0.15) is 24.9 Å². The largest absolute Gasteiger partial charge is 0.497 e. The molecule has 1 atom stereocenters. The van der Waals surface area contributed by atoms with Crippen LogP contribution < -0.4 is 10.1 Å². The fraction of sp³-hybridized carbons (Fsp3) is 0.250. The molecule has 0 saturated carbocycles. The van der Waals surface area contributed by atoms with Gasteiger partial charge in [0, 0.05) is 23.6 Å². The third-order valence-corrected chi connectivity index (χ3v) is 5.07. The molecule has 0 aliphatic carbocycles. The number of hydrogen-bond acceptors (Lipinski definition) is 4. The molecule has 0 spiro atoms. The fourth-order valence-corrected chi connectivity index (χ4v) is 3.44. The number of methoxy groups -OCH3 is 1. The molecule has 0 fully saturated rings. The van der Waals surface area contributed by atoms with E-state index >= 15 is 0 Å². The third kappa shape index (κ3) is 4.61. The van der Waals surface area contributed by atoms with Crippen molar-refractivity contribution in [3.63, 3.8) is 0 Å². The van der Waals surface area contributed by atoms with Gasteiger partial charge in [0.1, 0.15) is 5.75 Å². The highest BCUT2D eigenvalue weighted by Gasteiger charge is 2.14. The predicted molar refractivity (Wildman–Crippen MR) is 112 cm³/mol. The number of nitrogens with one attached hydrogen (secondary N) is 2. The average Bonchev–Trinajstić information content (AvgIpc) is 3.07. The highest BCUT2D eigenvalue weighted by atomic mass is 35.5. The number of carbonyl (C=O) groups excluding carboxylic acids is 1. The van der Waals surface area contributed by atoms with Gasteiger partial charge >= 0.3 is 0 Å². The summed E-state index contributed by atoms with van der Waals surface area (Å²) in [5.41, 5.74) is 1.77. The normalized spacial score (nSPS) is 11.8. The summed E-state index contributed by atoms with van der Waals surface area (Å²) in [5, 5.41) is 10.7. The van der Waals surface area contributed by atoms with Gasteiger partial charge in [-0.2, -0.15) is 5.10 Å². The Bertz CT molecular complexity index is 1010. The Morgan fingerprint density at radius 1 is 1.29 bits per heavy atom. The maximum absolute atomic E-state index is 12.4. The summed E-state index contributed by atoms with van der Waals surface area (Å²) in [4.78, 5) is 12.4. The van der Waals surface area contributed by atoms with Crippen molar-refractivity contribution in [1.82, 2.24) is 20.1 Å². The molecule has 3 rings (SSSR count). The number of aromatic nitrogens is 3. The van der Waals surface area contributed by atoms with E-state index in [4.69, 9.17) is 28.6 Å². The SMILES string of the molecule is COc1ccc(-c2n[nH]c(=S)n2CCC(=O)NC(C)c2ccccc2Cl)cc1. The maximum Gasteiger partial charge on any atom is 0.222 e. The van der Waals surface area contributed by atoms with Crippen LogP contribution in [0.2, 0.25) is 5.02 Å². The van der Waals surface area contributed by atoms with Gasteiger partial charge in [-0.3, -0.25) is 14.5 Å². The summed E-state index contributed by atoms with van der Waals surface area (Å²) < 4.78 is 7.47. The van der Waals surface area contributed by atoms with Gasteiger partial charge in [-0.1, -0.05) is 29.8 Å². The maximum atomic E-state index is 12.4. The zero-order valence-corrected chi connectivity index (χ0v) is 17.2. The van der Waals surface area contributed by atoms with Crippen LogP contribution in [-0.4, -0.2) is 27.8 Å². The van der Waals surface area contributed by atoms with Crippen molar-refractivity contribution >= 4 is 29.7 Å². The molecular formula is C20H21ClN4O2S. The zero-order chi connectivity index (χ0) is 20.1. The topological polar surface area (TPSA) is 71.9 Å². The second-order valence-electron chi connectivity index (χ2n) is 6.29. The molecule has 1 unspecified atom stereocenters. The first-order chi connectivity index (χ1) is 13.5. The van der Waals surface area contributed by atoms with Gasteiger partial charge in [0.2, 0.25) is 5.91 Å². The van der Waals surface area contributed by atoms with Crippen LogP contribution in [0, 0.1) is 4.77 Å². The van der Waals surface area contributed by atoms with Crippen molar-refractivity contribution in [2.45, 2.75) is 25.9 Å². The molecule has 3 aromatic rings. The summed E-state index contributed by atoms with van der Waals surface area (Å²) in [5.74, 6) is 1.35.